The number of nitrogens with one attached hydrogen (secondary N) is 1. The average Bonchev–Trinajstić information content (AvgIpc) is 2.78. The third-order valence-electron chi connectivity index (χ3n) is 2.91. The third kappa shape index (κ3) is 3.44. The van der Waals surface area contributed by atoms with Crippen LogP contribution < -0.4 is 5.32 Å². The van der Waals surface area contributed by atoms with E-state index < -0.39 is 0 Å². The number of benzene rings is 1. The average molecular weight is 243 g/mol. The van der Waals surface area contributed by atoms with Crippen molar-refractivity contribution < 1.29 is 0 Å². The summed E-state index contributed by atoms with van der Waals surface area (Å²) >= 11 is 0. The highest BCUT2D eigenvalue weighted by Gasteiger charge is 2.01. The molecule has 1 aromatic carbocycles. The van der Waals surface area contributed by atoms with E-state index in [-0.39, 0.29) is 0 Å². The Morgan fingerprint density at radius 1 is 1.22 bits per heavy atom. The summed E-state index contributed by atoms with van der Waals surface area (Å²) in [6.45, 7) is 8.09. The molecule has 96 valence electrons. The molecule has 3 heteroatoms. The topological polar surface area (TPSA) is 29.9 Å². The fourth-order valence-corrected chi connectivity index (χ4v) is 1.92. The Morgan fingerprint density at radius 3 is 2.72 bits per heavy atom. The van der Waals surface area contributed by atoms with Gasteiger partial charge in [-0.05, 0) is 32.4 Å². The summed E-state index contributed by atoms with van der Waals surface area (Å²) in [6, 6.07) is 11.1. The fourth-order valence-electron chi connectivity index (χ4n) is 1.92. The molecule has 0 saturated carbocycles. The maximum absolute atomic E-state index is 4.51. The molecule has 3 nitrogen and oxygen atoms in total. The van der Waals surface area contributed by atoms with Gasteiger partial charge in [-0.3, -0.25) is 4.68 Å². The van der Waals surface area contributed by atoms with Gasteiger partial charge < -0.3 is 5.32 Å². The fraction of sp³-hybridized carbons (Fsp3) is 0.400. The molecule has 0 atom stereocenters. The van der Waals surface area contributed by atoms with Gasteiger partial charge >= 0.3 is 0 Å². The molecule has 0 amide bonds. The van der Waals surface area contributed by atoms with Crippen LogP contribution in [-0.2, 0) is 13.1 Å². The van der Waals surface area contributed by atoms with Crippen molar-refractivity contribution in [2.45, 2.75) is 39.9 Å². The smallest absolute Gasteiger partial charge is 0.0762 e. The molecule has 18 heavy (non-hydrogen) atoms. The lowest BCUT2D eigenvalue weighted by atomic mass is 10.1. The van der Waals surface area contributed by atoms with Gasteiger partial charge in [-0.15, -0.1) is 0 Å². The van der Waals surface area contributed by atoms with Gasteiger partial charge in [-0.25, -0.2) is 0 Å². The van der Waals surface area contributed by atoms with Crippen LogP contribution in [0.3, 0.4) is 0 Å². The van der Waals surface area contributed by atoms with E-state index in [1.54, 1.807) is 0 Å². The first-order valence-corrected chi connectivity index (χ1v) is 6.45. The van der Waals surface area contributed by atoms with Crippen LogP contribution in [0.4, 0.5) is 0 Å². The molecular weight excluding hydrogens is 222 g/mol. The first kappa shape index (κ1) is 12.8. The van der Waals surface area contributed by atoms with Crippen molar-refractivity contribution in [3.05, 3.63) is 53.3 Å². The van der Waals surface area contributed by atoms with E-state index in [0.29, 0.717) is 6.04 Å². The van der Waals surface area contributed by atoms with Gasteiger partial charge in [0.25, 0.3) is 0 Å². The molecule has 0 aliphatic heterocycles. The van der Waals surface area contributed by atoms with Crippen molar-refractivity contribution in [1.82, 2.24) is 15.1 Å². The quantitative estimate of drug-likeness (QED) is 0.874. The zero-order chi connectivity index (χ0) is 13.0. The number of aryl methyl sites for hydroxylation is 1. The Bertz CT molecular complexity index is 500. The normalized spacial score (nSPS) is 11.1. The molecular formula is C15H21N3. The predicted molar refractivity (Wildman–Crippen MR) is 74.3 cm³/mol. The van der Waals surface area contributed by atoms with E-state index >= 15 is 0 Å². The van der Waals surface area contributed by atoms with Crippen LogP contribution in [0.1, 0.15) is 36.7 Å². The summed E-state index contributed by atoms with van der Waals surface area (Å²) in [5.41, 5.74) is 3.72. The highest BCUT2D eigenvalue weighted by Crippen LogP contribution is 2.06. The Balaban J connectivity index is 1.84. The third-order valence-corrected chi connectivity index (χ3v) is 2.91. The molecule has 1 aromatic heterocycles. The predicted octanol–water partition coefficient (Wildman–Crippen LogP) is 3.06. The minimum Gasteiger partial charge on any atom is -0.307 e. The maximum atomic E-state index is 4.51. The van der Waals surface area contributed by atoms with E-state index in [4.69, 9.17) is 0 Å². The van der Waals surface area contributed by atoms with Crippen LogP contribution >= 0.6 is 0 Å². The minimum atomic E-state index is 0.426. The monoisotopic (exact) mass is 243 g/mol. The Morgan fingerprint density at radius 2 is 2.06 bits per heavy atom. The Kier molecular flexibility index (Phi) is 4.15. The summed E-state index contributed by atoms with van der Waals surface area (Å²) in [5, 5.41) is 7.93. The molecule has 0 fully saturated rings. The van der Waals surface area contributed by atoms with Crippen LogP contribution in [-0.4, -0.2) is 9.78 Å². The van der Waals surface area contributed by atoms with E-state index in [9.17, 15) is 0 Å². The van der Waals surface area contributed by atoms with Gasteiger partial charge in [-0.2, -0.15) is 5.10 Å². The van der Waals surface area contributed by atoms with Gasteiger partial charge in [0.2, 0.25) is 0 Å². The van der Waals surface area contributed by atoms with Crippen LogP contribution in [0.2, 0.25) is 0 Å². The molecule has 2 aromatic rings. The molecule has 0 bridgehead atoms. The highest BCUT2D eigenvalue weighted by atomic mass is 15.3. The van der Waals surface area contributed by atoms with Crippen molar-refractivity contribution in [2.75, 3.05) is 0 Å². The number of nitrogens with zero attached hydrogens (tertiary/aromatic N) is 2. The number of hydrogen-bond acceptors (Lipinski definition) is 2. The van der Waals surface area contributed by atoms with Crippen molar-refractivity contribution in [3.63, 3.8) is 0 Å². The number of aromatic nitrogens is 2. The van der Waals surface area contributed by atoms with Gasteiger partial charge in [0.1, 0.15) is 0 Å². The van der Waals surface area contributed by atoms with Gasteiger partial charge in [0, 0.05) is 25.3 Å². The Labute approximate surface area is 109 Å². The van der Waals surface area contributed by atoms with Crippen LogP contribution in [0, 0.1) is 6.92 Å². The minimum absolute atomic E-state index is 0.426. The van der Waals surface area contributed by atoms with E-state index in [1.165, 1.54) is 11.1 Å². The molecule has 0 radical (unpaired) electrons. The summed E-state index contributed by atoms with van der Waals surface area (Å²) in [5.74, 6) is 0. The Hall–Kier alpha value is -1.61. The zero-order valence-electron chi connectivity index (χ0n) is 11.4. The summed E-state index contributed by atoms with van der Waals surface area (Å²) < 4.78 is 1.99. The molecule has 0 saturated heterocycles. The first-order chi connectivity index (χ1) is 8.65. The molecule has 1 N–H and O–H groups in total. The van der Waals surface area contributed by atoms with Gasteiger partial charge in [0.15, 0.2) is 0 Å². The molecule has 1 heterocycles. The zero-order valence-corrected chi connectivity index (χ0v) is 11.4. The lowest BCUT2D eigenvalue weighted by Gasteiger charge is -2.05. The summed E-state index contributed by atoms with van der Waals surface area (Å²) in [4.78, 5) is 0. The molecule has 0 unspecified atom stereocenters. The van der Waals surface area contributed by atoms with E-state index in [2.05, 4.69) is 61.5 Å². The lowest BCUT2D eigenvalue weighted by molar-refractivity contribution is 0.521. The highest BCUT2D eigenvalue weighted by molar-refractivity contribution is 5.22. The van der Waals surface area contributed by atoms with Gasteiger partial charge in [0.05, 0.1) is 5.69 Å². The van der Waals surface area contributed by atoms with Gasteiger partial charge in [-0.1, -0.05) is 29.8 Å². The molecule has 0 aliphatic rings. The SMILES string of the molecule is Cc1cccc(CNCc2ccn(C(C)C)n2)c1. The number of hydrogen-bond donors (Lipinski definition) is 1. The number of rotatable bonds is 5. The van der Waals surface area contributed by atoms with E-state index in [0.717, 1.165) is 18.8 Å². The van der Waals surface area contributed by atoms with Crippen molar-refractivity contribution in [3.8, 4) is 0 Å². The molecule has 0 spiro atoms. The standard InChI is InChI=1S/C15H21N3/c1-12(2)18-8-7-15(17-18)11-16-10-14-6-4-5-13(3)9-14/h4-9,12,16H,10-11H2,1-3H3. The second-order valence-corrected chi connectivity index (χ2v) is 4.97. The molecule has 0 aliphatic carbocycles. The van der Waals surface area contributed by atoms with Crippen LogP contribution in [0.5, 0.6) is 0 Å². The van der Waals surface area contributed by atoms with Crippen molar-refractivity contribution in [1.29, 1.82) is 0 Å². The summed E-state index contributed by atoms with van der Waals surface area (Å²) in [7, 11) is 0. The maximum Gasteiger partial charge on any atom is 0.0762 e. The second-order valence-electron chi connectivity index (χ2n) is 4.97. The first-order valence-electron chi connectivity index (χ1n) is 6.45. The van der Waals surface area contributed by atoms with E-state index in [1.807, 2.05) is 10.9 Å². The largest absolute Gasteiger partial charge is 0.307 e. The summed E-state index contributed by atoms with van der Waals surface area (Å²) in [6.07, 6.45) is 2.04. The lowest BCUT2D eigenvalue weighted by Crippen LogP contribution is -2.13. The van der Waals surface area contributed by atoms with Crippen LogP contribution in [0.25, 0.3) is 0 Å². The van der Waals surface area contributed by atoms with Crippen molar-refractivity contribution in [2.24, 2.45) is 0 Å². The molecule has 2 rings (SSSR count). The second kappa shape index (κ2) is 5.83. The van der Waals surface area contributed by atoms with Crippen LogP contribution in [0.15, 0.2) is 36.5 Å². The van der Waals surface area contributed by atoms with Crippen molar-refractivity contribution >= 4 is 0 Å².